The van der Waals surface area contributed by atoms with Crippen molar-refractivity contribution in [3.8, 4) is 0 Å². The average molecular weight is 183 g/mol. The first-order chi connectivity index (χ1) is 6.36. The molecule has 0 unspecified atom stereocenters. The standard InChI is InChI=1S/C9H17N3O/c13-9(8-3-5-11-8)12-7-2-1-4-10-6-7/h7-8,10-11H,1-6H2,(H,12,13)/t7-,8-/m1/s1. The van der Waals surface area contributed by atoms with Gasteiger partial charge in [0, 0.05) is 12.6 Å². The summed E-state index contributed by atoms with van der Waals surface area (Å²) < 4.78 is 0. The second-order valence-corrected chi connectivity index (χ2v) is 3.85. The molecule has 0 bridgehead atoms. The highest BCUT2D eigenvalue weighted by Crippen LogP contribution is 2.05. The van der Waals surface area contributed by atoms with Crippen molar-refractivity contribution in [1.82, 2.24) is 16.0 Å². The van der Waals surface area contributed by atoms with Crippen LogP contribution in [-0.2, 0) is 4.79 Å². The molecule has 0 spiro atoms. The molecule has 4 heteroatoms. The smallest absolute Gasteiger partial charge is 0.237 e. The third-order valence-corrected chi connectivity index (χ3v) is 2.78. The molecule has 4 nitrogen and oxygen atoms in total. The van der Waals surface area contributed by atoms with E-state index >= 15 is 0 Å². The Morgan fingerprint density at radius 2 is 2.15 bits per heavy atom. The van der Waals surface area contributed by atoms with Crippen LogP contribution in [0.15, 0.2) is 0 Å². The van der Waals surface area contributed by atoms with Gasteiger partial charge in [0.25, 0.3) is 0 Å². The van der Waals surface area contributed by atoms with Crippen LogP contribution in [0.1, 0.15) is 19.3 Å². The minimum Gasteiger partial charge on any atom is -0.351 e. The molecular weight excluding hydrogens is 166 g/mol. The molecule has 2 aliphatic rings. The van der Waals surface area contributed by atoms with Crippen molar-refractivity contribution < 1.29 is 4.79 Å². The molecule has 0 aromatic carbocycles. The van der Waals surface area contributed by atoms with Crippen LogP contribution in [0.4, 0.5) is 0 Å². The first-order valence-electron chi connectivity index (χ1n) is 5.11. The van der Waals surface area contributed by atoms with E-state index in [2.05, 4.69) is 16.0 Å². The largest absolute Gasteiger partial charge is 0.351 e. The fourth-order valence-electron chi connectivity index (χ4n) is 1.79. The van der Waals surface area contributed by atoms with E-state index in [9.17, 15) is 4.79 Å². The fraction of sp³-hybridized carbons (Fsp3) is 0.889. The predicted molar refractivity (Wildman–Crippen MR) is 50.4 cm³/mol. The first-order valence-corrected chi connectivity index (χ1v) is 5.11. The van der Waals surface area contributed by atoms with Gasteiger partial charge in [-0.05, 0) is 32.4 Å². The normalized spacial score (nSPS) is 33.5. The quantitative estimate of drug-likeness (QED) is 0.526. The maximum Gasteiger partial charge on any atom is 0.237 e. The number of rotatable bonds is 2. The Hall–Kier alpha value is -0.610. The Morgan fingerprint density at radius 3 is 2.69 bits per heavy atom. The number of hydrogen-bond acceptors (Lipinski definition) is 3. The molecule has 74 valence electrons. The average Bonchev–Trinajstić information content (AvgIpc) is 2.02. The van der Waals surface area contributed by atoms with E-state index in [1.165, 1.54) is 6.42 Å². The number of nitrogens with one attached hydrogen (secondary N) is 3. The SMILES string of the molecule is O=C(N[C@@H]1CCCNC1)[C@H]1CCN1. The van der Waals surface area contributed by atoms with Gasteiger partial charge in [-0.15, -0.1) is 0 Å². The molecule has 13 heavy (non-hydrogen) atoms. The van der Waals surface area contributed by atoms with Crippen molar-refractivity contribution in [2.45, 2.75) is 31.3 Å². The highest BCUT2D eigenvalue weighted by molar-refractivity contribution is 5.82. The zero-order valence-corrected chi connectivity index (χ0v) is 7.81. The third kappa shape index (κ3) is 2.19. The molecule has 2 atom stereocenters. The summed E-state index contributed by atoms with van der Waals surface area (Å²) >= 11 is 0. The summed E-state index contributed by atoms with van der Waals surface area (Å²) in [5, 5.41) is 9.44. The van der Waals surface area contributed by atoms with Crippen LogP contribution in [0.25, 0.3) is 0 Å². The summed E-state index contributed by atoms with van der Waals surface area (Å²) in [4.78, 5) is 11.5. The summed E-state index contributed by atoms with van der Waals surface area (Å²) in [7, 11) is 0. The summed E-state index contributed by atoms with van der Waals surface area (Å²) in [6, 6.07) is 0.436. The Labute approximate surface area is 78.5 Å². The van der Waals surface area contributed by atoms with E-state index < -0.39 is 0 Å². The van der Waals surface area contributed by atoms with Crippen molar-refractivity contribution in [3.05, 3.63) is 0 Å². The van der Waals surface area contributed by atoms with Crippen molar-refractivity contribution in [1.29, 1.82) is 0 Å². The molecule has 2 fully saturated rings. The zero-order chi connectivity index (χ0) is 9.10. The number of carbonyl (C=O) groups is 1. The van der Waals surface area contributed by atoms with Gasteiger partial charge in [-0.3, -0.25) is 4.79 Å². The highest BCUT2D eigenvalue weighted by Gasteiger charge is 2.26. The van der Waals surface area contributed by atoms with Crippen LogP contribution in [0, 0.1) is 0 Å². The summed E-state index contributed by atoms with van der Waals surface area (Å²) in [6.07, 6.45) is 3.28. The monoisotopic (exact) mass is 183 g/mol. The van der Waals surface area contributed by atoms with Crippen LogP contribution < -0.4 is 16.0 Å². The molecule has 2 rings (SSSR count). The summed E-state index contributed by atoms with van der Waals surface area (Å²) in [5.74, 6) is 0.181. The highest BCUT2D eigenvalue weighted by atomic mass is 16.2. The van der Waals surface area contributed by atoms with Gasteiger partial charge in [-0.1, -0.05) is 0 Å². The first kappa shape index (κ1) is 8.97. The third-order valence-electron chi connectivity index (χ3n) is 2.78. The van der Waals surface area contributed by atoms with Crippen LogP contribution in [0.3, 0.4) is 0 Å². The van der Waals surface area contributed by atoms with Gasteiger partial charge >= 0.3 is 0 Å². The van der Waals surface area contributed by atoms with Gasteiger partial charge in [0.1, 0.15) is 0 Å². The maximum absolute atomic E-state index is 11.5. The lowest BCUT2D eigenvalue weighted by atomic mass is 10.0. The number of amides is 1. The van der Waals surface area contributed by atoms with Crippen molar-refractivity contribution >= 4 is 5.91 Å². The van der Waals surface area contributed by atoms with Gasteiger partial charge < -0.3 is 16.0 Å². The minimum atomic E-state index is 0.0851. The molecule has 0 aromatic rings. The molecule has 0 saturated carbocycles. The Balaban J connectivity index is 1.72. The molecule has 1 amide bonds. The minimum absolute atomic E-state index is 0.0851. The van der Waals surface area contributed by atoms with E-state index in [1.807, 2.05) is 0 Å². The molecule has 0 aliphatic carbocycles. The van der Waals surface area contributed by atoms with E-state index in [4.69, 9.17) is 0 Å². The Bertz CT molecular complexity index is 185. The molecule has 2 aliphatic heterocycles. The Morgan fingerprint density at radius 1 is 1.31 bits per heavy atom. The van der Waals surface area contributed by atoms with Gasteiger partial charge in [0.15, 0.2) is 0 Å². The van der Waals surface area contributed by atoms with E-state index in [0.717, 1.165) is 32.5 Å². The van der Waals surface area contributed by atoms with Gasteiger partial charge in [-0.25, -0.2) is 0 Å². The lowest BCUT2D eigenvalue weighted by Gasteiger charge is -2.30. The van der Waals surface area contributed by atoms with Crippen LogP contribution >= 0.6 is 0 Å². The molecular formula is C9H17N3O. The Kier molecular flexibility index (Phi) is 2.80. The van der Waals surface area contributed by atoms with E-state index in [0.29, 0.717) is 6.04 Å². The predicted octanol–water partition coefficient (Wildman–Crippen LogP) is -0.783. The second kappa shape index (κ2) is 4.07. The van der Waals surface area contributed by atoms with E-state index in [-0.39, 0.29) is 11.9 Å². The van der Waals surface area contributed by atoms with Gasteiger partial charge in [-0.2, -0.15) is 0 Å². The van der Waals surface area contributed by atoms with Crippen molar-refractivity contribution in [2.75, 3.05) is 19.6 Å². The molecule has 2 heterocycles. The lowest BCUT2D eigenvalue weighted by Crippen LogP contribution is -2.57. The van der Waals surface area contributed by atoms with Crippen LogP contribution in [0.2, 0.25) is 0 Å². The topological polar surface area (TPSA) is 53.2 Å². The molecule has 0 radical (unpaired) electrons. The lowest BCUT2D eigenvalue weighted by molar-refractivity contribution is -0.125. The second-order valence-electron chi connectivity index (χ2n) is 3.85. The van der Waals surface area contributed by atoms with Crippen LogP contribution in [-0.4, -0.2) is 37.6 Å². The molecule has 0 aromatic heterocycles. The van der Waals surface area contributed by atoms with Crippen LogP contribution in [0.5, 0.6) is 0 Å². The summed E-state index contributed by atoms with van der Waals surface area (Å²) in [5.41, 5.74) is 0. The van der Waals surface area contributed by atoms with Gasteiger partial charge in [0.05, 0.1) is 6.04 Å². The zero-order valence-electron chi connectivity index (χ0n) is 7.81. The number of carbonyl (C=O) groups excluding carboxylic acids is 1. The molecule has 3 N–H and O–H groups in total. The number of piperidine rings is 1. The van der Waals surface area contributed by atoms with Crippen molar-refractivity contribution in [3.63, 3.8) is 0 Å². The van der Waals surface area contributed by atoms with E-state index in [1.54, 1.807) is 0 Å². The molecule has 2 saturated heterocycles. The summed E-state index contributed by atoms with van der Waals surface area (Å²) in [6.45, 7) is 3.01. The maximum atomic E-state index is 11.5. The van der Waals surface area contributed by atoms with Gasteiger partial charge in [0.2, 0.25) is 5.91 Å². The number of hydrogen-bond donors (Lipinski definition) is 3. The fourth-order valence-corrected chi connectivity index (χ4v) is 1.79. The van der Waals surface area contributed by atoms with Crippen molar-refractivity contribution in [2.24, 2.45) is 0 Å².